The number of amides is 2. The summed E-state index contributed by atoms with van der Waals surface area (Å²) in [6.07, 6.45) is 2.36. The van der Waals surface area contributed by atoms with Crippen molar-refractivity contribution in [2.24, 2.45) is 5.92 Å². The van der Waals surface area contributed by atoms with Gasteiger partial charge in [0, 0.05) is 18.6 Å². The van der Waals surface area contributed by atoms with Crippen molar-refractivity contribution in [2.45, 2.75) is 46.1 Å². The van der Waals surface area contributed by atoms with Gasteiger partial charge in [-0.15, -0.1) is 0 Å². The predicted octanol–water partition coefficient (Wildman–Crippen LogP) is 2.02. The monoisotopic (exact) mass is 256 g/mol. The zero-order valence-corrected chi connectivity index (χ0v) is 11.8. The van der Waals surface area contributed by atoms with Crippen LogP contribution in [0, 0.1) is 5.92 Å². The number of carbonyl (C=O) groups excluding carboxylic acids is 1. The average molecular weight is 256 g/mol. The van der Waals surface area contributed by atoms with Gasteiger partial charge in [-0.2, -0.15) is 0 Å². The molecule has 0 saturated heterocycles. The molecule has 1 fully saturated rings. The Morgan fingerprint density at radius 3 is 2.17 bits per heavy atom. The number of hydrogen-bond donors (Lipinski definition) is 1. The summed E-state index contributed by atoms with van der Waals surface area (Å²) >= 11 is 0. The molecule has 5 heteroatoms. The van der Waals surface area contributed by atoms with Crippen LogP contribution < -0.4 is 0 Å². The van der Waals surface area contributed by atoms with Crippen molar-refractivity contribution in [3.63, 3.8) is 0 Å². The average Bonchev–Trinajstić information content (AvgIpc) is 3.03. The topological polar surface area (TPSA) is 60.9 Å². The Hall–Kier alpha value is -1.26. The van der Waals surface area contributed by atoms with Gasteiger partial charge in [0.05, 0.1) is 0 Å². The van der Waals surface area contributed by atoms with E-state index in [1.165, 1.54) is 17.7 Å². The van der Waals surface area contributed by atoms with E-state index in [1.807, 2.05) is 27.7 Å². The van der Waals surface area contributed by atoms with Crippen LogP contribution in [0.2, 0.25) is 0 Å². The predicted molar refractivity (Wildman–Crippen MR) is 69.5 cm³/mol. The Morgan fingerprint density at radius 2 is 1.83 bits per heavy atom. The molecule has 1 rings (SSSR count). The summed E-state index contributed by atoms with van der Waals surface area (Å²) in [5.41, 5.74) is -0.480. The van der Waals surface area contributed by atoms with E-state index in [9.17, 15) is 9.59 Å². The van der Waals surface area contributed by atoms with Crippen LogP contribution in [0.3, 0.4) is 0 Å². The quantitative estimate of drug-likeness (QED) is 0.818. The molecule has 0 aromatic carbocycles. The van der Waals surface area contributed by atoms with Crippen LogP contribution in [-0.4, -0.2) is 52.1 Å². The summed E-state index contributed by atoms with van der Waals surface area (Å²) in [5, 5.41) is 8.93. The number of nitrogens with zero attached hydrogens (tertiary/aromatic N) is 2. The van der Waals surface area contributed by atoms with E-state index in [0.717, 1.165) is 6.54 Å². The van der Waals surface area contributed by atoms with Crippen LogP contribution in [0.15, 0.2) is 0 Å². The third-order valence-corrected chi connectivity index (χ3v) is 3.16. The normalized spacial score (nSPS) is 15.3. The van der Waals surface area contributed by atoms with Crippen molar-refractivity contribution in [3.8, 4) is 0 Å². The van der Waals surface area contributed by atoms with Crippen molar-refractivity contribution in [3.05, 3.63) is 0 Å². The lowest BCUT2D eigenvalue weighted by Crippen LogP contribution is -2.54. The highest BCUT2D eigenvalue weighted by molar-refractivity contribution is 5.80. The second kappa shape index (κ2) is 5.59. The molecule has 104 valence electrons. The molecule has 18 heavy (non-hydrogen) atoms. The molecule has 1 aliphatic carbocycles. The summed E-state index contributed by atoms with van der Waals surface area (Å²) in [6.45, 7) is 8.64. The smallest absolute Gasteiger partial charge is 0.323 e. The van der Waals surface area contributed by atoms with Gasteiger partial charge in [-0.25, -0.2) is 4.79 Å². The van der Waals surface area contributed by atoms with Crippen molar-refractivity contribution < 1.29 is 14.7 Å². The first kappa shape index (κ1) is 14.8. The van der Waals surface area contributed by atoms with E-state index in [-0.39, 0.29) is 12.6 Å². The van der Waals surface area contributed by atoms with Crippen molar-refractivity contribution >= 4 is 12.0 Å². The second-order valence-electron chi connectivity index (χ2n) is 5.92. The Morgan fingerprint density at radius 1 is 1.28 bits per heavy atom. The Kier molecular flexibility index (Phi) is 4.59. The molecule has 2 amide bonds. The van der Waals surface area contributed by atoms with Gasteiger partial charge >= 0.3 is 12.0 Å². The summed E-state index contributed by atoms with van der Waals surface area (Å²) in [4.78, 5) is 26.5. The molecule has 0 unspecified atom stereocenters. The minimum Gasteiger partial charge on any atom is -0.480 e. The first-order valence-electron chi connectivity index (χ1n) is 6.54. The molecule has 0 heterocycles. The van der Waals surface area contributed by atoms with Crippen LogP contribution in [-0.2, 0) is 4.79 Å². The fourth-order valence-corrected chi connectivity index (χ4v) is 1.85. The lowest BCUT2D eigenvalue weighted by molar-refractivity contribution is -0.138. The number of rotatable bonds is 5. The standard InChI is InChI=1S/C13H24N2O3/c1-5-14(8-10-6-7-10)12(18)15(9-11(16)17)13(2,3)4/h10H,5-9H2,1-4H3,(H,16,17). The van der Waals surface area contributed by atoms with Crippen LogP contribution in [0.5, 0.6) is 0 Å². The first-order chi connectivity index (χ1) is 8.25. The molecule has 1 N–H and O–H groups in total. The minimum absolute atomic E-state index is 0.167. The highest BCUT2D eigenvalue weighted by atomic mass is 16.4. The van der Waals surface area contributed by atoms with Gasteiger partial charge in [-0.3, -0.25) is 4.79 Å². The van der Waals surface area contributed by atoms with Gasteiger partial charge in [0.2, 0.25) is 0 Å². The van der Waals surface area contributed by atoms with E-state index in [2.05, 4.69) is 0 Å². The summed E-state index contributed by atoms with van der Waals surface area (Å²) in [5.74, 6) is -0.360. The maximum atomic E-state index is 12.4. The molecule has 1 aliphatic rings. The second-order valence-corrected chi connectivity index (χ2v) is 5.92. The SMILES string of the molecule is CCN(CC1CC1)C(=O)N(CC(=O)O)C(C)(C)C. The Balaban J connectivity index is 2.74. The van der Waals surface area contributed by atoms with Crippen molar-refractivity contribution in [2.75, 3.05) is 19.6 Å². The van der Waals surface area contributed by atoms with Crippen LogP contribution in [0.25, 0.3) is 0 Å². The number of hydrogen-bond acceptors (Lipinski definition) is 2. The first-order valence-corrected chi connectivity index (χ1v) is 6.54. The Labute approximate surface area is 109 Å². The van der Waals surface area contributed by atoms with E-state index >= 15 is 0 Å². The zero-order chi connectivity index (χ0) is 13.9. The minimum atomic E-state index is -0.972. The zero-order valence-electron chi connectivity index (χ0n) is 11.8. The van der Waals surface area contributed by atoms with Crippen molar-refractivity contribution in [1.29, 1.82) is 0 Å². The molecule has 5 nitrogen and oxygen atoms in total. The highest BCUT2D eigenvalue weighted by Crippen LogP contribution is 2.30. The highest BCUT2D eigenvalue weighted by Gasteiger charge is 2.33. The number of carboxylic acids is 1. The number of urea groups is 1. The number of carboxylic acid groups (broad SMARTS) is 1. The van der Waals surface area contributed by atoms with Crippen molar-refractivity contribution in [1.82, 2.24) is 9.80 Å². The van der Waals surface area contributed by atoms with Crippen LogP contribution in [0.1, 0.15) is 40.5 Å². The molecule has 1 saturated carbocycles. The maximum absolute atomic E-state index is 12.4. The molecular formula is C13H24N2O3. The Bertz CT molecular complexity index is 319. The molecule has 0 spiro atoms. The van der Waals surface area contributed by atoms with Gasteiger partial charge in [0.1, 0.15) is 6.54 Å². The maximum Gasteiger partial charge on any atom is 0.323 e. The third kappa shape index (κ3) is 4.20. The van der Waals surface area contributed by atoms with Gasteiger partial charge in [0.25, 0.3) is 0 Å². The van der Waals surface area contributed by atoms with Gasteiger partial charge in [-0.05, 0) is 46.5 Å². The molecular weight excluding hydrogens is 232 g/mol. The molecule has 0 aromatic heterocycles. The van der Waals surface area contributed by atoms with Crippen LogP contribution >= 0.6 is 0 Å². The number of carbonyl (C=O) groups is 2. The number of aliphatic carboxylic acids is 1. The van der Waals surface area contributed by atoms with E-state index < -0.39 is 11.5 Å². The van der Waals surface area contributed by atoms with Crippen LogP contribution in [0.4, 0.5) is 4.79 Å². The summed E-state index contributed by atoms with van der Waals surface area (Å²) in [6, 6.07) is -0.167. The summed E-state index contributed by atoms with van der Waals surface area (Å²) < 4.78 is 0. The summed E-state index contributed by atoms with van der Waals surface area (Å²) in [7, 11) is 0. The molecule has 0 radical (unpaired) electrons. The van der Waals surface area contributed by atoms with E-state index in [0.29, 0.717) is 12.5 Å². The van der Waals surface area contributed by atoms with E-state index in [1.54, 1.807) is 4.90 Å². The fourth-order valence-electron chi connectivity index (χ4n) is 1.85. The van der Waals surface area contributed by atoms with E-state index in [4.69, 9.17) is 5.11 Å². The largest absolute Gasteiger partial charge is 0.480 e. The molecule has 0 aromatic rings. The van der Waals surface area contributed by atoms with Gasteiger partial charge in [0.15, 0.2) is 0 Å². The molecule has 0 bridgehead atoms. The lowest BCUT2D eigenvalue weighted by Gasteiger charge is -2.38. The van der Waals surface area contributed by atoms with Gasteiger partial charge in [-0.1, -0.05) is 0 Å². The molecule has 0 atom stereocenters. The van der Waals surface area contributed by atoms with Gasteiger partial charge < -0.3 is 14.9 Å². The fraction of sp³-hybridized carbons (Fsp3) is 0.846. The third-order valence-electron chi connectivity index (χ3n) is 3.16. The lowest BCUT2D eigenvalue weighted by atomic mass is 10.1. The molecule has 0 aliphatic heterocycles.